The van der Waals surface area contributed by atoms with Crippen LogP contribution in [0.5, 0.6) is 11.5 Å². The summed E-state index contributed by atoms with van der Waals surface area (Å²) in [5.41, 5.74) is 14.9. The topological polar surface area (TPSA) is 428 Å². The van der Waals surface area contributed by atoms with Crippen LogP contribution in [0.15, 0.2) is 278 Å². The minimum atomic E-state index is -3.77. The first-order chi connectivity index (χ1) is 68.9. The van der Waals surface area contributed by atoms with Gasteiger partial charge in [0.15, 0.2) is 22.5 Å². The van der Waals surface area contributed by atoms with Crippen molar-refractivity contribution < 1.29 is 85.5 Å². The van der Waals surface area contributed by atoms with Crippen molar-refractivity contribution in [2.24, 2.45) is 5.73 Å². The standard InChI is InChI=1S/C29H30N2O5.C21H19N3O4S.C21H24N2O3.C18H11ClN2O2.C11H7ClINO2.C10H6INO3/c1-29(2,3)36-23-15-13-20(14-16-23)17-22(30-28(34)35-19-21-9-5-4-6-10-21)18-31-26(32)24-11-7-8-12-25(24)27(31)33;1-21(2,3)29(27,28)24-18-13-19(20(25)26)23-17-10-8-14(12-16(17)18)7-9-15-6-4-5-11-22-15;1-21(2,3)26-16-10-8-14(9-11-16)12-15(22)13-23-19(24)17-6-4-5-7-18(17)20(23)25;1-23-18(22)17-11-15(19)14-10-12(6-8-16(14)21-17)5-7-13-4-2-3-9-20-13;1-16-11(15)10-5-8(12)7-4-6(13)2-3-9(7)14-10;11-5-1-2-7-6(3-5)9(13)4-8(12-7)10(14)15/h4-16,22H,17-19H2,1-3H3,(H,30,34);4-6,8,10-13H,1-3H3,(H,23,24)(H,25,26);4-11,15H,12-13,22H2,1-3H3;2-4,6,8-11H,1H3;2-5H,1H3;1-4H,(H,12,13)(H,14,15)/t22-;;15-;;;/m0.0.../s1. The number of nitrogens with zero attached hydrogens (tertiary/aromatic N) is 7. The van der Waals surface area contributed by atoms with Gasteiger partial charge in [0.25, 0.3) is 23.6 Å². The molecule has 6 aromatic heterocycles. The number of imide groups is 2. The number of benzene rings is 9. The molecule has 0 bridgehead atoms. The predicted molar refractivity (Wildman–Crippen MR) is 571 cm³/mol. The number of pyridine rings is 6. The second-order valence-corrected chi connectivity index (χ2v) is 41.2. The molecule has 145 heavy (non-hydrogen) atoms. The van der Waals surface area contributed by atoms with Gasteiger partial charge in [-0.25, -0.2) is 57.3 Å². The first-order valence-electron chi connectivity index (χ1n) is 44.7. The van der Waals surface area contributed by atoms with Crippen molar-refractivity contribution in [3.05, 3.63) is 385 Å². The first kappa shape index (κ1) is 108. The van der Waals surface area contributed by atoms with E-state index in [4.69, 9.17) is 48.3 Å². The summed E-state index contributed by atoms with van der Waals surface area (Å²) in [7, 11) is -1.15. The molecule has 740 valence electrons. The second kappa shape index (κ2) is 48.6. The van der Waals surface area contributed by atoms with Gasteiger partial charge in [0.1, 0.15) is 46.4 Å². The van der Waals surface area contributed by atoms with Crippen LogP contribution in [0.25, 0.3) is 43.6 Å². The molecule has 0 saturated heterocycles. The van der Waals surface area contributed by atoms with Gasteiger partial charge >= 0.3 is 30.0 Å². The number of carboxylic acid groups (broad SMARTS) is 2. The van der Waals surface area contributed by atoms with Gasteiger partial charge in [-0.15, -0.1) is 0 Å². The number of aromatic nitrogens is 6. The van der Waals surface area contributed by atoms with Gasteiger partial charge in [0.2, 0.25) is 10.0 Å². The average molecular weight is 2230 g/mol. The zero-order valence-corrected chi connectivity index (χ0v) is 86.8. The molecule has 0 saturated carbocycles. The maximum atomic E-state index is 12.9. The number of nitrogens with two attached hydrogens (primary N) is 1. The van der Waals surface area contributed by atoms with Gasteiger partial charge in [0, 0.05) is 76.4 Å². The Morgan fingerprint density at radius 1 is 0.469 bits per heavy atom. The number of aromatic amines is 1. The Labute approximate surface area is 872 Å². The quantitative estimate of drug-likeness (QED) is 0.0144. The Morgan fingerprint density at radius 3 is 1.35 bits per heavy atom. The normalized spacial score (nSPS) is 12.3. The van der Waals surface area contributed by atoms with E-state index in [0.29, 0.717) is 94.9 Å². The summed E-state index contributed by atoms with van der Waals surface area (Å²) in [4.78, 5) is 146. The van der Waals surface area contributed by atoms with Crippen LogP contribution in [-0.2, 0) is 43.7 Å². The number of anilines is 1. The van der Waals surface area contributed by atoms with Crippen LogP contribution in [0.1, 0.15) is 185 Å². The molecule has 2 aliphatic heterocycles. The minimum Gasteiger partial charge on any atom is -0.488 e. The summed E-state index contributed by atoms with van der Waals surface area (Å²) < 4.78 is 55.0. The summed E-state index contributed by atoms with van der Waals surface area (Å²) >= 11 is 16.6. The molecule has 0 aliphatic carbocycles. The number of amides is 5. The molecule has 2 aliphatic rings. The molecule has 7 N–H and O–H groups in total. The number of H-pyrrole nitrogens is 1. The number of nitrogens with one attached hydrogen (secondary N) is 3. The highest BCUT2D eigenvalue weighted by molar-refractivity contribution is 14.1. The maximum absolute atomic E-state index is 12.9. The Morgan fingerprint density at radius 2 is 0.897 bits per heavy atom. The number of aromatic carboxylic acids is 2. The molecule has 2 atom stereocenters. The van der Waals surface area contributed by atoms with Crippen molar-refractivity contribution in [2.75, 3.05) is 32.0 Å². The van der Waals surface area contributed by atoms with E-state index < -0.39 is 50.8 Å². The zero-order valence-electron chi connectivity index (χ0n) is 80.1. The molecule has 8 heterocycles. The van der Waals surface area contributed by atoms with E-state index >= 15 is 0 Å². The summed E-state index contributed by atoms with van der Waals surface area (Å²) in [6, 6.07) is 75.0. The van der Waals surface area contributed by atoms with Gasteiger partial charge in [-0.3, -0.25) is 38.5 Å². The van der Waals surface area contributed by atoms with Crippen LogP contribution in [-0.4, -0.2) is 167 Å². The molecule has 30 nitrogen and oxygen atoms in total. The lowest BCUT2D eigenvalue weighted by Gasteiger charge is -2.24. The molecule has 5 amide bonds. The van der Waals surface area contributed by atoms with E-state index in [1.807, 2.05) is 181 Å². The van der Waals surface area contributed by atoms with Crippen molar-refractivity contribution >= 4 is 181 Å². The lowest BCUT2D eigenvalue weighted by atomic mass is 10.0. The third-order valence-corrected chi connectivity index (χ3v) is 25.2. The molecule has 0 spiro atoms. The van der Waals surface area contributed by atoms with E-state index in [1.165, 1.54) is 42.2 Å². The Balaban J connectivity index is 0.000000158. The Hall–Kier alpha value is -15.4. The van der Waals surface area contributed by atoms with Crippen molar-refractivity contribution in [1.29, 1.82) is 0 Å². The molecule has 0 fully saturated rings. The van der Waals surface area contributed by atoms with Gasteiger partial charge in [-0.05, 0) is 313 Å². The van der Waals surface area contributed by atoms with Crippen LogP contribution >= 0.6 is 68.4 Å². The highest BCUT2D eigenvalue weighted by Gasteiger charge is 2.39. The fourth-order valence-electron chi connectivity index (χ4n) is 14.2. The van der Waals surface area contributed by atoms with Crippen molar-refractivity contribution in [1.82, 2.24) is 45.0 Å². The van der Waals surface area contributed by atoms with Gasteiger partial charge < -0.3 is 49.9 Å². The number of sulfonamides is 1. The molecule has 17 rings (SSSR count). The Bertz CT molecular complexity index is 7680. The van der Waals surface area contributed by atoms with E-state index in [0.717, 1.165) is 57.7 Å². The van der Waals surface area contributed by atoms with Crippen molar-refractivity contribution in [3.8, 4) is 35.2 Å². The number of ether oxygens (including phenoxy) is 5. The number of rotatable bonds is 19. The largest absolute Gasteiger partial charge is 0.488 e. The molecule has 0 unspecified atom stereocenters. The number of methoxy groups -OCH3 is 2. The number of hydrogen-bond donors (Lipinski definition) is 6. The third-order valence-electron chi connectivity index (χ3n) is 21.2. The van der Waals surface area contributed by atoms with E-state index in [-0.39, 0.29) is 94.5 Å². The molecule has 35 heteroatoms. The van der Waals surface area contributed by atoms with Crippen LogP contribution < -0.4 is 30.7 Å². The SMILES string of the molecule is CC(C)(C)Oc1ccc(C[C@@H](CN2C(=O)c3ccccc3C2=O)NC(=O)OCc2ccccc2)cc1.CC(C)(C)Oc1ccc(C[C@H](N)CN2C(=O)c3ccccc3C2=O)cc1.CC(C)(C)S(=O)(=O)Nc1cc(C(=O)O)nc2ccc(C#Cc3ccccn3)cc12.COC(=O)c1cc(Cl)c2cc(C#Cc3ccccn3)ccc2n1.COC(=O)c1cc(Cl)c2cc(I)ccc2n1.O=C(O)c1cc(=O)c2cc(I)ccc2[nH]1. The lowest BCUT2D eigenvalue weighted by Crippen LogP contribution is -2.47. The summed E-state index contributed by atoms with van der Waals surface area (Å²) in [6.45, 7) is 16.9. The zero-order chi connectivity index (χ0) is 105. The molecule has 9 aromatic carbocycles. The van der Waals surface area contributed by atoms with E-state index in [1.54, 1.807) is 130 Å². The van der Waals surface area contributed by atoms with Gasteiger partial charge in [0.05, 0.1) is 86.1 Å². The number of carbonyl (C=O) groups is 9. The fourth-order valence-corrected chi connectivity index (χ4v) is 16.5. The summed E-state index contributed by atoms with van der Waals surface area (Å²) in [5.74, 6) is 8.81. The van der Waals surface area contributed by atoms with E-state index in [9.17, 15) is 61.5 Å². The fraction of sp³-hybridized carbons (Fsp3) is 0.191. The maximum Gasteiger partial charge on any atom is 0.407 e. The third kappa shape index (κ3) is 30.1. The number of alkyl carbamates (subject to hydrolysis) is 1. The highest BCUT2D eigenvalue weighted by atomic mass is 127. The number of esters is 2. The van der Waals surface area contributed by atoms with Crippen LogP contribution in [0.3, 0.4) is 0 Å². The van der Waals surface area contributed by atoms with E-state index in [2.05, 4.69) is 118 Å². The minimum absolute atomic E-state index is 0.0209. The predicted octanol–water partition coefficient (Wildman–Crippen LogP) is 19.9. The van der Waals surface area contributed by atoms with Crippen LogP contribution in [0, 0.1) is 30.8 Å². The smallest absolute Gasteiger partial charge is 0.407 e. The number of fused-ring (bicyclic) bond motifs is 6. The summed E-state index contributed by atoms with van der Waals surface area (Å²) in [6.07, 6.45) is 3.68. The van der Waals surface area contributed by atoms with Gasteiger partial charge in [-0.2, -0.15) is 0 Å². The number of carboxylic acids is 2. The molecule has 0 radical (unpaired) electrons. The van der Waals surface area contributed by atoms with Crippen molar-refractivity contribution in [2.45, 2.75) is 110 Å². The number of carbonyl (C=O) groups excluding carboxylic acids is 7. The van der Waals surface area contributed by atoms with Crippen LogP contribution in [0.4, 0.5) is 10.5 Å². The number of hydrogen-bond acceptors (Lipinski definition) is 23. The molecular weight excluding hydrogens is 2140 g/mol. The summed E-state index contributed by atoms with van der Waals surface area (Å²) in [5, 5.41) is 24.4. The lowest BCUT2D eigenvalue weighted by molar-refractivity contribution is 0.0586. The Kier molecular flexibility index (Phi) is 36.3. The highest BCUT2D eigenvalue weighted by Crippen LogP contribution is 2.33. The molecule has 15 aromatic rings. The van der Waals surface area contributed by atoms with Crippen LogP contribution in [0.2, 0.25) is 10.0 Å². The van der Waals surface area contributed by atoms with Gasteiger partial charge in [-0.1, -0.05) is 126 Å². The average Bonchev–Trinajstić information content (AvgIpc) is 1.51. The first-order valence-corrected chi connectivity index (χ1v) is 49.1. The second-order valence-electron chi connectivity index (χ2n) is 35.5. The molecular formula is C110H97Cl2I2N11O19S. The number of halogens is 4. The van der Waals surface area contributed by atoms with Crippen molar-refractivity contribution in [3.63, 3.8) is 0 Å². The monoisotopic (exact) mass is 2230 g/mol.